The molecule has 1 aromatic carbocycles. The van der Waals surface area contributed by atoms with E-state index in [-0.39, 0.29) is 19.8 Å². The number of carbonyl (C=O) groups is 2. The Bertz CT molecular complexity index is 510. The third-order valence-electron chi connectivity index (χ3n) is 2.57. The van der Waals surface area contributed by atoms with Crippen LogP contribution >= 0.6 is 0 Å². The fourth-order valence-electron chi connectivity index (χ4n) is 1.64. The lowest BCUT2D eigenvalue weighted by Crippen LogP contribution is -2.19. The van der Waals surface area contributed by atoms with E-state index in [1.54, 1.807) is 13.8 Å². The summed E-state index contributed by atoms with van der Waals surface area (Å²) < 4.78 is 28.0. The van der Waals surface area contributed by atoms with E-state index < -0.39 is 23.9 Å². The van der Waals surface area contributed by atoms with Crippen LogP contribution < -0.4 is 0 Å². The molecule has 0 spiro atoms. The highest BCUT2D eigenvalue weighted by atomic mass is 19.1. The van der Waals surface area contributed by atoms with Crippen LogP contribution in [0.1, 0.15) is 25.5 Å². The molecule has 0 saturated heterocycles. The van der Waals surface area contributed by atoms with Gasteiger partial charge < -0.3 is 14.2 Å². The topological polar surface area (TPSA) is 61.8 Å². The molecule has 5 nitrogen and oxygen atoms in total. The normalized spacial score (nSPS) is 12.1. The molecule has 0 fully saturated rings. The fourth-order valence-corrected chi connectivity index (χ4v) is 1.64. The number of hydrogen-bond donors (Lipinski definition) is 0. The zero-order valence-corrected chi connectivity index (χ0v) is 12.6. The molecule has 1 aromatic rings. The van der Waals surface area contributed by atoms with E-state index in [4.69, 9.17) is 14.2 Å². The van der Waals surface area contributed by atoms with Gasteiger partial charge in [0, 0.05) is 6.08 Å². The Labute approximate surface area is 128 Å². The summed E-state index contributed by atoms with van der Waals surface area (Å²) >= 11 is 0. The highest BCUT2D eigenvalue weighted by Crippen LogP contribution is 2.19. The minimum absolute atomic E-state index is 0.0136. The molecule has 0 aromatic heterocycles. The third kappa shape index (κ3) is 6.05. The van der Waals surface area contributed by atoms with Crippen LogP contribution in [0.2, 0.25) is 0 Å². The van der Waals surface area contributed by atoms with Crippen LogP contribution in [0.5, 0.6) is 0 Å². The molecule has 0 N–H and O–H groups in total. The summed E-state index contributed by atoms with van der Waals surface area (Å²) in [5.41, 5.74) is 0.476. The summed E-state index contributed by atoms with van der Waals surface area (Å²) in [6.07, 6.45) is 1.68. The predicted octanol–water partition coefficient (Wildman–Crippen LogP) is 2.57. The molecule has 0 radical (unpaired) electrons. The molecule has 1 unspecified atom stereocenters. The van der Waals surface area contributed by atoms with Gasteiger partial charge in [-0.05, 0) is 31.5 Å². The molecule has 1 rings (SSSR count). The first-order valence-corrected chi connectivity index (χ1v) is 6.95. The van der Waals surface area contributed by atoms with Crippen LogP contribution in [-0.2, 0) is 23.8 Å². The lowest BCUT2D eigenvalue weighted by molar-refractivity contribution is -0.156. The zero-order valence-electron chi connectivity index (χ0n) is 12.6. The minimum atomic E-state index is -0.979. The van der Waals surface area contributed by atoms with Crippen LogP contribution in [0, 0.1) is 5.82 Å². The maximum Gasteiger partial charge on any atom is 0.339 e. The standard InChI is InChI=1S/C16H19FO5/c1-3-20-14(18)6-5-11-22-15(16(19)21-4-2)12-7-9-13(17)10-8-12/h5-10,15H,3-4,11H2,1-2H3/b6-5+. The van der Waals surface area contributed by atoms with Gasteiger partial charge >= 0.3 is 11.9 Å². The van der Waals surface area contributed by atoms with Crippen molar-refractivity contribution in [3.8, 4) is 0 Å². The Morgan fingerprint density at radius 2 is 1.77 bits per heavy atom. The number of halogens is 1. The predicted molar refractivity (Wildman–Crippen MR) is 77.5 cm³/mol. The summed E-state index contributed by atoms with van der Waals surface area (Å²) in [4.78, 5) is 23.0. The van der Waals surface area contributed by atoms with Crippen LogP contribution in [0.3, 0.4) is 0 Å². The number of hydrogen-bond acceptors (Lipinski definition) is 5. The minimum Gasteiger partial charge on any atom is -0.464 e. The Morgan fingerprint density at radius 1 is 1.14 bits per heavy atom. The van der Waals surface area contributed by atoms with Crippen molar-refractivity contribution in [2.24, 2.45) is 0 Å². The highest BCUT2D eigenvalue weighted by Gasteiger charge is 2.22. The molecule has 6 heteroatoms. The van der Waals surface area contributed by atoms with Gasteiger partial charge in [0.25, 0.3) is 0 Å². The first-order chi connectivity index (χ1) is 10.6. The van der Waals surface area contributed by atoms with Crippen LogP contribution in [0.4, 0.5) is 4.39 Å². The molecule has 0 aliphatic heterocycles. The lowest BCUT2D eigenvalue weighted by Gasteiger charge is -2.15. The Kier molecular flexibility index (Phi) is 7.85. The highest BCUT2D eigenvalue weighted by molar-refractivity contribution is 5.81. The molecule has 0 amide bonds. The molecule has 120 valence electrons. The van der Waals surface area contributed by atoms with Crippen molar-refractivity contribution in [2.75, 3.05) is 19.8 Å². The lowest BCUT2D eigenvalue weighted by atomic mass is 10.1. The average Bonchev–Trinajstić information content (AvgIpc) is 2.49. The molecular weight excluding hydrogens is 291 g/mol. The van der Waals surface area contributed by atoms with Gasteiger partial charge in [-0.1, -0.05) is 18.2 Å². The van der Waals surface area contributed by atoms with Gasteiger partial charge in [0.1, 0.15) is 5.82 Å². The Balaban J connectivity index is 2.69. The van der Waals surface area contributed by atoms with Crippen molar-refractivity contribution in [3.63, 3.8) is 0 Å². The van der Waals surface area contributed by atoms with Crippen LogP contribution in [0.25, 0.3) is 0 Å². The molecule has 22 heavy (non-hydrogen) atoms. The van der Waals surface area contributed by atoms with Gasteiger partial charge in [-0.25, -0.2) is 14.0 Å². The number of rotatable bonds is 8. The monoisotopic (exact) mass is 310 g/mol. The van der Waals surface area contributed by atoms with E-state index in [0.29, 0.717) is 5.56 Å². The van der Waals surface area contributed by atoms with Gasteiger partial charge in [0.15, 0.2) is 6.10 Å². The van der Waals surface area contributed by atoms with Crippen molar-refractivity contribution in [1.82, 2.24) is 0 Å². The van der Waals surface area contributed by atoms with Crippen molar-refractivity contribution in [2.45, 2.75) is 20.0 Å². The van der Waals surface area contributed by atoms with Crippen molar-refractivity contribution in [3.05, 3.63) is 47.8 Å². The average molecular weight is 310 g/mol. The Morgan fingerprint density at radius 3 is 2.36 bits per heavy atom. The van der Waals surface area contributed by atoms with Gasteiger partial charge in [0.05, 0.1) is 19.8 Å². The summed E-state index contributed by atoms with van der Waals surface area (Å²) in [5, 5.41) is 0. The molecule has 0 aliphatic carbocycles. The van der Waals surface area contributed by atoms with E-state index >= 15 is 0 Å². The van der Waals surface area contributed by atoms with E-state index in [9.17, 15) is 14.0 Å². The van der Waals surface area contributed by atoms with Crippen LogP contribution in [-0.4, -0.2) is 31.8 Å². The third-order valence-corrected chi connectivity index (χ3v) is 2.57. The smallest absolute Gasteiger partial charge is 0.339 e. The molecule has 0 heterocycles. The van der Waals surface area contributed by atoms with E-state index in [1.807, 2.05) is 0 Å². The van der Waals surface area contributed by atoms with Crippen LogP contribution in [0.15, 0.2) is 36.4 Å². The maximum atomic E-state index is 12.9. The summed E-state index contributed by atoms with van der Waals surface area (Å²) in [6, 6.07) is 5.37. The zero-order chi connectivity index (χ0) is 16.4. The van der Waals surface area contributed by atoms with Crippen molar-refractivity contribution < 1.29 is 28.2 Å². The molecule has 1 atom stereocenters. The van der Waals surface area contributed by atoms with Crippen molar-refractivity contribution in [1.29, 1.82) is 0 Å². The number of carbonyl (C=O) groups excluding carboxylic acids is 2. The second-order valence-electron chi connectivity index (χ2n) is 4.17. The van der Waals surface area contributed by atoms with E-state index in [1.165, 1.54) is 36.4 Å². The number of benzene rings is 1. The molecule has 0 saturated carbocycles. The summed E-state index contributed by atoms with van der Waals surface area (Å²) in [7, 11) is 0. The van der Waals surface area contributed by atoms with Gasteiger partial charge in [0.2, 0.25) is 0 Å². The summed E-state index contributed by atoms with van der Waals surface area (Å²) in [6.45, 7) is 3.89. The fraction of sp³-hybridized carbons (Fsp3) is 0.375. The second kappa shape index (κ2) is 9.68. The quantitative estimate of drug-likeness (QED) is 0.545. The van der Waals surface area contributed by atoms with Gasteiger partial charge in [-0.2, -0.15) is 0 Å². The first kappa shape index (κ1) is 17.8. The second-order valence-corrected chi connectivity index (χ2v) is 4.17. The SMILES string of the molecule is CCOC(=O)/C=C/COC(C(=O)OCC)c1ccc(F)cc1. The maximum absolute atomic E-state index is 12.9. The van der Waals surface area contributed by atoms with Crippen molar-refractivity contribution >= 4 is 11.9 Å². The van der Waals surface area contributed by atoms with Gasteiger partial charge in [-0.3, -0.25) is 0 Å². The summed E-state index contributed by atoms with van der Waals surface area (Å²) in [5.74, 6) is -1.47. The molecule has 0 aliphatic rings. The molecule has 0 bridgehead atoms. The van der Waals surface area contributed by atoms with E-state index in [0.717, 1.165) is 0 Å². The first-order valence-electron chi connectivity index (χ1n) is 6.95. The number of ether oxygens (including phenoxy) is 3. The molecular formula is C16H19FO5. The van der Waals surface area contributed by atoms with Gasteiger partial charge in [-0.15, -0.1) is 0 Å². The van der Waals surface area contributed by atoms with E-state index in [2.05, 4.69) is 0 Å². The number of esters is 2. The largest absolute Gasteiger partial charge is 0.464 e. The Hall–Kier alpha value is -2.21.